The Morgan fingerprint density at radius 2 is 1.38 bits per heavy atom. The van der Waals surface area contributed by atoms with E-state index in [2.05, 4.69) is 5.32 Å². The van der Waals surface area contributed by atoms with Crippen LogP contribution in [0.15, 0.2) is 91.0 Å². The Balaban J connectivity index is 1.85. The summed E-state index contributed by atoms with van der Waals surface area (Å²) in [5.74, 6) is -0.210. The summed E-state index contributed by atoms with van der Waals surface area (Å²) in [5.41, 5.74) is 2.94. The summed E-state index contributed by atoms with van der Waals surface area (Å²) >= 11 is 0. The van der Waals surface area contributed by atoms with E-state index in [1.165, 1.54) is 0 Å². The molecule has 3 aromatic rings. The standard InChI is InChI=1S/C29H34N2O3/c1-2-34-20-12-19-30-29(33)27(21-24-13-6-3-7-14-24)31(23-26-17-10-5-11-18-26)28(32)22-25-15-8-4-9-16-25/h3-11,13-18,27H,2,12,19-23H2,1H3,(H,30,33). The zero-order chi connectivity index (χ0) is 24.0. The van der Waals surface area contributed by atoms with Crippen LogP contribution in [0.2, 0.25) is 0 Å². The van der Waals surface area contributed by atoms with E-state index >= 15 is 0 Å². The molecule has 0 radical (unpaired) electrons. The summed E-state index contributed by atoms with van der Waals surface area (Å²) in [6.45, 7) is 4.09. The Bertz CT molecular complexity index is 994. The maximum atomic E-state index is 13.6. The van der Waals surface area contributed by atoms with Gasteiger partial charge in [-0.2, -0.15) is 0 Å². The van der Waals surface area contributed by atoms with Crippen molar-refractivity contribution < 1.29 is 14.3 Å². The fraction of sp³-hybridized carbons (Fsp3) is 0.310. The van der Waals surface area contributed by atoms with Crippen LogP contribution in [-0.4, -0.2) is 42.5 Å². The van der Waals surface area contributed by atoms with Crippen LogP contribution >= 0.6 is 0 Å². The minimum Gasteiger partial charge on any atom is -0.382 e. The van der Waals surface area contributed by atoms with Crippen molar-refractivity contribution in [2.45, 2.75) is 38.8 Å². The van der Waals surface area contributed by atoms with Crippen LogP contribution in [-0.2, 0) is 33.7 Å². The number of ether oxygens (including phenoxy) is 1. The Morgan fingerprint density at radius 1 is 0.824 bits per heavy atom. The summed E-state index contributed by atoms with van der Waals surface area (Å²) in [6.07, 6.45) is 1.43. The first-order valence-electron chi connectivity index (χ1n) is 11.9. The lowest BCUT2D eigenvalue weighted by molar-refractivity contribution is -0.140. The molecule has 3 aromatic carbocycles. The molecule has 1 atom stereocenters. The molecule has 5 nitrogen and oxygen atoms in total. The van der Waals surface area contributed by atoms with Crippen molar-refractivity contribution in [1.82, 2.24) is 10.2 Å². The molecule has 0 saturated carbocycles. The van der Waals surface area contributed by atoms with Crippen LogP contribution < -0.4 is 5.32 Å². The fourth-order valence-electron chi connectivity index (χ4n) is 3.85. The van der Waals surface area contributed by atoms with Crippen LogP contribution in [0.3, 0.4) is 0 Å². The molecule has 2 amide bonds. The number of carbonyl (C=O) groups is 2. The number of nitrogens with zero attached hydrogens (tertiary/aromatic N) is 1. The predicted molar refractivity (Wildman–Crippen MR) is 135 cm³/mol. The van der Waals surface area contributed by atoms with Crippen molar-refractivity contribution in [2.75, 3.05) is 19.8 Å². The molecule has 0 aliphatic rings. The predicted octanol–water partition coefficient (Wildman–Crippen LogP) is 4.41. The van der Waals surface area contributed by atoms with Crippen LogP contribution in [0.4, 0.5) is 0 Å². The third-order valence-electron chi connectivity index (χ3n) is 5.63. The van der Waals surface area contributed by atoms with E-state index in [-0.39, 0.29) is 18.2 Å². The monoisotopic (exact) mass is 458 g/mol. The minimum absolute atomic E-state index is 0.0690. The first-order chi connectivity index (χ1) is 16.7. The molecule has 3 rings (SSSR count). The minimum atomic E-state index is -0.620. The molecule has 0 fully saturated rings. The Kier molecular flexibility index (Phi) is 10.3. The molecule has 0 aliphatic heterocycles. The van der Waals surface area contributed by atoms with Gasteiger partial charge in [-0.05, 0) is 30.0 Å². The lowest BCUT2D eigenvalue weighted by atomic mass is 10.0. The van der Waals surface area contributed by atoms with Gasteiger partial charge in [0.05, 0.1) is 6.42 Å². The number of hydrogen-bond donors (Lipinski definition) is 1. The SMILES string of the molecule is CCOCCCNC(=O)C(Cc1ccccc1)N(Cc1ccccc1)C(=O)Cc1ccccc1. The van der Waals surface area contributed by atoms with Crippen LogP contribution in [0.25, 0.3) is 0 Å². The van der Waals surface area contributed by atoms with E-state index in [0.29, 0.717) is 32.7 Å². The third kappa shape index (κ3) is 8.16. The highest BCUT2D eigenvalue weighted by molar-refractivity contribution is 5.88. The second kappa shape index (κ2) is 14.0. The summed E-state index contributed by atoms with van der Waals surface area (Å²) in [6, 6.07) is 28.8. The molecule has 0 aliphatic carbocycles. The Hall–Kier alpha value is -3.44. The second-order valence-electron chi connectivity index (χ2n) is 8.22. The fourth-order valence-corrected chi connectivity index (χ4v) is 3.85. The molecule has 34 heavy (non-hydrogen) atoms. The third-order valence-corrected chi connectivity index (χ3v) is 5.63. The molecular weight excluding hydrogens is 424 g/mol. The van der Waals surface area contributed by atoms with Crippen LogP contribution in [0.1, 0.15) is 30.0 Å². The van der Waals surface area contributed by atoms with E-state index in [9.17, 15) is 9.59 Å². The Labute approximate surface area is 202 Å². The normalized spacial score (nSPS) is 11.6. The first kappa shape index (κ1) is 25.2. The van der Waals surface area contributed by atoms with Gasteiger partial charge in [-0.3, -0.25) is 9.59 Å². The molecule has 178 valence electrons. The van der Waals surface area contributed by atoms with E-state index in [4.69, 9.17) is 4.74 Å². The molecule has 0 saturated heterocycles. The number of benzene rings is 3. The topological polar surface area (TPSA) is 58.6 Å². The highest BCUT2D eigenvalue weighted by Crippen LogP contribution is 2.16. The van der Waals surface area contributed by atoms with Crippen molar-refractivity contribution in [3.63, 3.8) is 0 Å². The molecule has 0 aromatic heterocycles. The van der Waals surface area contributed by atoms with Gasteiger partial charge in [-0.15, -0.1) is 0 Å². The quantitative estimate of drug-likeness (QED) is 0.386. The van der Waals surface area contributed by atoms with Gasteiger partial charge in [-0.1, -0.05) is 91.0 Å². The van der Waals surface area contributed by atoms with Crippen LogP contribution in [0.5, 0.6) is 0 Å². The zero-order valence-electron chi connectivity index (χ0n) is 19.9. The van der Waals surface area contributed by atoms with Crippen molar-refractivity contribution in [3.05, 3.63) is 108 Å². The van der Waals surface area contributed by atoms with Gasteiger partial charge in [0.15, 0.2) is 0 Å². The number of hydrogen-bond acceptors (Lipinski definition) is 3. The lowest BCUT2D eigenvalue weighted by Gasteiger charge is -2.31. The molecular formula is C29H34N2O3. The average Bonchev–Trinajstić information content (AvgIpc) is 2.87. The van der Waals surface area contributed by atoms with Gasteiger partial charge in [0.1, 0.15) is 6.04 Å². The van der Waals surface area contributed by atoms with E-state index < -0.39 is 6.04 Å². The summed E-state index contributed by atoms with van der Waals surface area (Å²) in [4.78, 5) is 28.7. The largest absolute Gasteiger partial charge is 0.382 e. The van der Waals surface area contributed by atoms with Gasteiger partial charge in [-0.25, -0.2) is 0 Å². The van der Waals surface area contributed by atoms with Crippen molar-refractivity contribution in [3.8, 4) is 0 Å². The van der Waals surface area contributed by atoms with Gasteiger partial charge in [0.2, 0.25) is 11.8 Å². The van der Waals surface area contributed by atoms with E-state index in [1.54, 1.807) is 4.90 Å². The smallest absolute Gasteiger partial charge is 0.243 e. The van der Waals surface area contributed by atoms with E-state index in [1.807, 2.05) is 97.9 Å². The van der Waals surface area contributed by atoms with Gasteiger partial charge in [0.25, 0.3) is 0 Å². The number of nitrogens with one attached hydrogen (secondary N) is 1. The molecule has 0 bridgehead atoms. The molecule has 1 N–H and O–H groups in total. The number of amides is 2. The van der Waals surface area contributed by atoms with Gasteiger partial charge < -0.3 is 15.0 Å². The maximum Gasteiger partial charge on any atom is 0.243 e. The molecule has 5 heteroatoms. The molecule has 1 unspecified atom stereocenters. The van der Waals surface area contributed by atoms with Gasteiger partial charge >= 0.3 is 0 Å². The first-order valence-corrected chi connectivity index (χ1v) is 11.9. The maximum absolute atomic E-state index is 13.6. The summed E-state index contributed by atoms with van der Waals surface area (Å²) in [5, 5.41) is 3.03. The zero-order valence-corrected chi connectivity index (χ0v) is 19.9. The lowest BCUT2D eigenvalue weighted by Crippen LogP contribution is -2.51. The summed E-state index contributed by atoms with van der Waals surface area (Å²) in [7, 11) is 0. The van der Waals surface area contributed by atoms with Crippen molar-refractivity contribution in [1.29, 1.82) is 0 Å². The van der Waals surface area contributed by atoms with Crippen molar-refractivity contribution >= 4 is 11.8 Å². The Morgan fingerprint density at radius 3 is 1.97 bits per heavy atom. The summed E-state index contributed by atoms with van der Waals surface area (Å²) < 4.78 is 5.39. The number of carbonyl (C=O) groups excluding carboxylic acids is 2. The average molecular weight is 459 g/mol. The second-order valence-corrected chi connectivity index (χ2v) is 8.22. The van der Waals surface area contributed by atoms with Crippen LogP contribution in [0, 0.1) is 0 Å². The number of rotatable bonds is 13. The highest BCUT2D eigenvalue weighted by atomic mass is 16.5. The molecule has 0 spiro atoms. The molecule has 0 heterocycles. The van der Waals surface area contributed by atoms with Crippen molar-refractivity contribution in [2.24, 2.45) is 0 Å². The van der Waals surface area contributed by atoms with E-state index in [0.717, 1.165) is 23.1 Å². The highest BCUT2D eigenvalue weighted by Gasteiger charge is 2.30. The van der Waals surface area contributed by atoms with Gasteiger partial charge in [0, 0.05) is 32.7 Å².